The van der Waals surface area contributed by atoms with Crippen molar-refractivity contribution >= 4 is 22.8 Å². The topological polar surface area (TPSA) is 61.7 Å². The van der Waals surface area contributed by atoms with Crippen molar-refractivity contribution in [1.82, 2.24) is 24.5 Å². The van der Waals surface area contributed by atoms with Crippen molar-refractivity contribution in [2.75, 3.05) is 0 Å². The lowest BCUT2D eigenvalue weighted by Gasteiger charge is -2.06. The summed E-state index contributed by atoms with van der Waals surface area (Å²) in [6.07, 6.45) is 0. The summed E-state index contributed by atoms with van der Waals surface area (Å²) in [4.78, 5) is 4.59. The average molecular weight is 294 g/mol. The SMILES string of the molecule is CCn1nc(C)c2nc(CCl)n(Cc3cc(C)on3)c21. The molecule has 3 aromatic heterocycles. The second kappa shape index (κ2) is 4.94. The van der Waals surface area contributed by atoms with Crippen molar-refractivity contribution in [2.24, 2.45) is 0 Å². The van der Waals surface area contributed by atoms with Crippen molar-refractivity contribution in [3.63, 3.8) is 0 Å². The molecule has 3 aromatic rings. The molecule has 106 valence electrons. The van der Waals surface area contributed by atoms with E-state index in [2.05, 4.69) is 26.7 Å². The van der Waals surface area contributed by atoms with Crippen LogP contribution in [-0.4, -0.2) is 24.5 Å². The van der Waals surface area contributed by atoms with E-state index in [0.29, 0.717) is 12.4 Å². The van der Waals surface area contributed by atoms with Gasteiger partial charge in [0.2, 0.25) is 0 Å². The third-order valence-electron chi connectivity index (χ3n) is 3.29. The molecule has 6 nitrogen and oxygen atoms in total. The minimum atomic E-state index is 0.356. The Morgan fingerprint density at radius 3 is 2.75 bits per heavy atom. The number of rotatable bonds is 4. The van der Waals surface area contributed by atoms with Crippen LogP contribution in [0.5, 0.6) is 0 Å². The van der Waals surface area contributed by atoms with E-state index in [1.165, 1.54) is 0 Å². The molecular formula is C13H16ClN5O. The van der Waals surface area contributed by atoms with Gasteiger partial charge in [0, 0.05) is 12.6 Å². The molecule has 20 heavy (non-hydrogen) atoms. The maximum Gasteiger partial charge on any atom is 0.159 e. The molecule has 0 spiro atoms. The summed E-state index contributed by atoms with van der Waals surface area (Å²) in [6, 6.07) is 1.92. The van der Waals surface area contributed by atoms with Gasteiger partial charge in [-0.2, -0.15) is 5.10 Å². The van der Waals surface area contributed by atoms with Gasteiger partial charge >= 0.3 is 0 Å². The number of hydrogen-bond acceptors (Lipinski definition) is 4. The summed E-state index contributed by atoms with van der Waals surface area (Å²) < 4.78 is 9.13. The van der Waals surface area contributed by atoms with Crippen LogP contribution in [0.4, 0.5) is 0 Å². The Labute approximate surface area is 121 Å². The summed E-state index contributed by atoms with van der Waals surface area (Å²) in [5.41, 5.74) is 3.67. The minimum absolute atomic E-state index is 0.356. The van der Waals surface area contributed by atoms with Gasteiger partial charge < -0.3 is 9.09 Å². The standard InChI is InChI=1S/C13H16ClN5O/c1-4-19-13-12(9(3)16-19)15-11(6-14)18(13)7-10-5-8(2)20-17-10/h5H,4,6-7H2,1-3H3. The molecule has 0 atom stereocenters. The lowest BCUT2D eigenvalue weighted by Crippen LogP contribution is -2.09. The van der Waals surface area contributed by atoms with Gasteiger partial charge in [0.1, 0.15) is 22.8 Å². The molecule has 0 fully saturated rings. The Morgan fingerprint density at radius 1 is 1.35 bits per heavy atom. The fraction of sp³-hybridized carbons (Fsp3) is 0.462. The van der Waals surface area contributed by atoms with Gasteiger partial charge in [0.25, 0.3) is 0 Å². The van der Waals surface area contributed by atoms with Crippen LogP contribution >= 0.6 is 11.6 Å². The molecule has 7 heteroatoms. The van der Waals surface area contributed by atoms with Crippen molar-refractivity contribution in [3.8, 4) is 0 Å². The highest BCUT2D eigenvalue weighted by molar-refractivity contribution is 6.16. The smallest absolute Gasteiger partial charge is 0.159 e. The lowest BCUT2D eigenvalue weighted by atomic mass is 10.3. The lowest BCUT2D eigenvalue weighted by molar-refractivity contribution is 0.389. The highest BCUT2D eigenvalue weighted by atomic mass is 35.5. The van der Waals surface area contributed by atoms with E-state index in [4.69, 9.17) is 16.1 Å². The van der Waals surface area contributed by atoms with E-state index in [1.807, 2.05) is 24.6 Å². The van der Waals surface area contributed by atoms with Crippen LogP contribution in [0.1, 0.15) is 29.9 Å². The zero-order valence-electron chi connectivity index (χ0n) is 11.7. The van der Waals surface area contributed by atoms with Crippen LogP contribution in [0.25, 0.3) is 11.2 Å². The monoisotopic (exact) mass is 293 g/mol. The quantitative estimate of drug-likeness (QED) is 0.694. The molecule has 0 saturated heterocycles. The van der Waals surface area contributed by atoms with Crippen LogP contribution < -0.4 is 0 Å². The number of nitrogens with zero attached hydrogens (tertiary/aromatic N) is 5. The first-order valence-corrected chi connectivity index (χ1v) is 7.08. The zero-order valence-corrected chi connectivity index (χ0v) is 12.5. The number of hydrogen-bond donors (Lipinski definition) is 0. The molecule has 0 saturated carbocycles. The van der Waals surface area contributed by atoms with Crippen LogP contribution in [0, 0.1) is 13.8 Å². The third-order valence-corrected chi connectivity index (χ3v) is 3.53. The van der Waals surface area contributed by atoms with Crippen LogP contribution in [0.2, 0.25) is 0 Å². The molecule has 0 bridgehead atoms. The Balaban J connectivity index is 2.16. The van der Waals surface area contributed by atoms with Crippen LogP contribution in [0.3, 0.4) is 0 Å². The van der Waals surface area contributed by atoms with Crippen LogP contribution in [-0.2, 0) is 19.0 Å². The van der Waals surface area contributed by atoms with Gasteiger partial charge in [-0.3, -0.25) is 0 Å². The predicted octanol–water partition coefficient (Wildman–Crippen LogP) is 2.64. The Kier molecular flexibility index (Phi) is 3.25. The highest BCUT2D eigenvalue weighted by Crippen LogP contribution is 2.22. The number of alkyl halides is 1. The third kappa shape index (κ3) is 2.00. The van der Waals surface area contributed by atoms with Gasteiger partial charge in [0.05, 0.1) is 18.1 Å². The Bertz CT molecular complexity index is 754. The van der Waals surface area contributed by atoms with Gasteiger partial charge in [-0.25, -0.2) is 9.67 Å². The average Bonchev–Trinajstić information content (AvgIpc) is 3.08. The maximum absolute atomic E-state index is 6.02. The van der Waals surface area contributed by atoms with E-state index >= 15 is 0 Å². The largest absolute Gasteiger partial charge is 0.361 e. The molecule has 0 unspecified atom stereocenters. The summed E-state index contributed by atoms with van der Waals surface area (Å²) >= 11 is 6.02. The number of imidazole rings is 1. The molecular weight excluding hydrogens is 278 g/mol. The molecule has 0 amide bonds. The zero-order chi connectivity index (χ0) is 14.3. The molecule has 0 aliphatic rings. The number of halogens is 1. The van der Waals surface area contributed by atoms with Crippen molar-refractivity contribution in [1.29, 1.82) is 0 Å². The van der Waals surface area contributed by atoms with E-state index in [-0.39, 0.29) is 0 Å². The number of aromatic nitrogens is 5. The fourth-order valence-electron chi connectivity index (χ4n) is 2.41. The van der Waals surface area contributed by atoms with Crippen LogP contribution in [0.15, 0.2) is 10.6 Å². The first-order chi connectivity index (χ1) is 9.63. The summed E-state index contributed by atoms with van der Waals surface area (Å²) in [5.74, 6) is 1.98. The number of aryl methyl sites for hydroxylation is 3. The molecule has 3 heterocycles. The molecule has 3 rings (SSSR count). The normalized spacial score (nSPS) is 11.6. The van der Waals surface area contributed by atoms with E-state index < -0.39 is 0 Å². The van der Waals surface area contributed by atoms with Crippen molar-refractivity contribution in [2.45, 2.75) is 39.7 Å². The maximum atomic E-state index is 6.02. The molecule has 0 aromatic carbocycles. The highest BCUT2D eigenvalue weighted by Gasteiger charge is 2.18. The van der Waals surface area contributed by atoms with Crippen molar-refractivity contribution < 1.29 is 4.52 Å². The fourth-order valence-corrected chi connectivity index (χ4v) is 2.62. The Hall–Kier alpha value is -1.82. The molecule has 0 radical (unpaired) electrons. The minimum Gasteiger partial charge on any atom is -0.361 e. The van der Waals surface area contributed by atoms with E-state index in [0.717, 1.165) is 40.7 Å². The number of fused-ring (bicyclic) bond motifs is 1. The van der Waals surface area contributed by atoms with E-state index in [9.17, 15) is 0 Å². The second-order valence-electron chi connectivity index (χ2n) is 4.75. The summed E-state index contributed by atoms with van der Waals surface area (Å²) in [7, 11) is 0. The molecule has 0 N–H and O–H groups in total. The summed E-state index contributed by atoms with van der Waals surface area (Å²) in [5, 5.41) is 8.54. The first-order valence-electron chi connectivity index (χ1n) is 6.54. The van der Waals surface area contributed by atoms with Gasteiger partial charge in [-0.1, -0.05) is 5.16 Å². The van der Waals surface area contributed by atoms with Gasteiger partial charge in [-0.15, -0.1) is 11.6 Å². The predicted molar refractivity (Wildman–Crippen MR) is 75.8 cm³/mol. The molecule has 0 aliphatic carbocycles. The van der Waals surface area contributed by atoms with Gasteiger partial charge in [-0.05, 0) is 20.8 Å². The van der Waals surface area contributed by atoms with Gasteiger partial charge in [0.15, 0.2) is 5.65 Å². The molecule has 0 aliphatic heterocycles. The summed E-state index contributed by atoms with van der Waals surface area (Å²) in [6.45, 7) is 7.27. The van der Waals surface area contributed by atoms with E-state index in [1.54, 1.807) is 0 Å². The van der Waals surface area contributed by atoms with Crippen molar-refractivity contribution in [3.05, 3.63) is 29.0 Å². The first kappa shape index (κ1) is 13.2. The second-order valence-corrected chi connectivity index (χ2v) is 5.02. The Morgan fingerprint density at radius 2 is 2.15 bits per heavy atom.